The number of halogens is 1. The lowest BCUT2D eigenvalue weighted by Gasteiger charge is -2.25. The zero-order chi connectivity index (χ0) is 11.5. The van der Waals surface area contributed by atoms with E-state index in [1.807, 2.05) is 0 Å². The maximum atomic E-state index is 13.4. The van der Waals surface area contributed by atoms with Gasteiger partial charge in [0, 0.05) is 24.3 Å². The van der Waals surface area contributed by atoms with Crippen LogP contribution in [0, 0.1) is 11.7 Å². The van der Waals surface area contributed by atoms with Gasteiger partial charge >= 0.3 is 0 Å². The van der Waals surface area contributed by atoms with E-state index in [1.54, 1.807) is 12.3 Å². The Morgan fingerprint density at radius 2 is 2.44 bits per heavy atom. The topological polar surface area (TPSA) is 36.4 Å². The number of hydrogen-bond acceptors (Lipinski definition) is 3. The molecule has 4 heteroatoms. The molecule has 1 N–H and O–H groups in total. The summed E-state index contributed by atoms with van der Waals surface area (Å²) >= 11 is 0. The van der Waals surface area contributed by atoms with Gasteiger partial charge in [0.05, 0.1) is 12.8 Å². The first kappa shape index (κ1) is 11.5. The number of aromatic nitrogens is 1. The van der Waals surface area contributed by atoms with E-state index in [0.29, 0.717) is 18.0 Å². The van der Waals surface area contributed by atoms with Crippen LogP contribution in [0.3, 0.4) is 0 Å². The van der Waals surface area contributed by atoms with Crippen molar-refractivity contribution >= 4 is 0 Å². The van der Waals surface area contributed by atoms with E-state index in [0.717, 1.165) is 13.0 Å². The molecule has 2 atom stereocenters. The van der Waals surface area contributed by atoms with Gasteiger partial charge in [-0.15, -0.1) is 0 Å². The van der Waals surface area contributed by atoms with Crippen molar-refractivity contribution < 1.29 is 9.50 Å². The molecule has 16 heavy (non-hydrogen) atoms. The van der Waals surface area contributed by atoms with E-state index >= 15 is 0 Å². The summed E-state index contributed by atoms with van der Waals surface area (Å²) in [5, 5.41) is 9.31. The molecular formula is C12H17FN2O. The predicted octanol–water partition coefficient (Wildman–Crippen LogP) is 1.42. The van der Waals surface area contributed by atoms with Gasteiger partial charge in [-0.05, 0) is 24.9 Å². The summed E-state index contributed by atoms with van der Waals surface area (Å²) in [6.45, 7) is 3.76. The Hall–Kier alpha value is -1.00. The Morgan fingerprint density at radius 1 is 1.62 bits per heavy atom. The summed E-state index contributed by atoms with van der Waals surface area (Å²) in [5.74, 6) is 0.216. The summed E-state index contributed by atoms with van der Waals surface area (Å²) < 4.78 is 13.4. The van der Waals surface area contributed by atoms with E-state index in [-0.39, 0.29) is 18.5 Å². The van der Waals surface area contributed by atoms with Crippen molar-refractivity contribution in [3.63, 3.8) is 0 Å². The first-order valence-corrected chi connectivity index (χ1v) is 5.65. The summed E-state index contributed by atoms with van der Waals surface area (Å²) in [6.07, 6.45) is 3.91. The van der Waals surface area contributed by atoms with Crippen LogP contribution in [0.25, 0.3) is 0 Å². The van der Waals surface area contributed by atoms with Gasteiger partial charge in [0.1, 0.15) is 5.82 Å². The third kappa shape index (κ3) is 2.23. The zero-order valence-corrected chi connectivity index (χ0v) is 9.43. The van der Waals surface area contributed by atoms with Crippen molar-refractivity contribution in [1.29, 1.82) is 0 Å². The van der Waals surface area contributed by atoms with Crippen molar-refractivity contribution in [2.45, 2.75) is 25.9 Å². The monoisotopic (exact) mass is 224 g/mol. The molecule has 0 radical (unpaired) electrons. The lowest BCUT2D eigenvalue weighted by atomic mass is 10.0. The number of rotatable bonds is 3. The van der Waals surface area contributed by atoms with Crippen LogP contribution in [0.4, 0.5) is 4.39 Å². The molecule has 1 aliphatic rings. The van der Waals surface area contributed by atoms with E-state index < -0.39 is 0 Å². The van der Waals surface area contributed by atoms with Crippen LogP contribution >= 0.6 is 0 Å². The standard InChI is InChI=1S/C12H17FN2O/c1-9-3-5-15(12(9)8-16)7-10-2-4-14-6-11(10)13/h2,4,6,9,12,16H,3,5,7-8H2,1H3/t9-,12+/m0/s1. The van der Waals surface area contributed by atoms with Gasteiger partial charge in [-0.25, -0.2) is 4.39 Å². The lowest BCUT2D eigenvalue weighted by molar-refractivity contribution is 0.133. The van der Waals surface area contributed by atoms with Crippen LogP contribution < -0.4 is 0 Å². The van der Waals surface area contributed by atoms with Gasteiger partial charge in [0.2, 0.25) is 0 Å². The van der Waals surface area contributed by atoms with Gasteiger partial charge in [-0.1, -0.05) is 6.92 Å². The van der Waals surface area contributed by atoms with Crippen LogP contribution in [-0.2, 0) is 6.54 Å². The quantitative estimate of drug-likeness (QED) is 0.843. The molecule has 0 amide bonds. The van der Waals surface area contributed by atoms with Gasteiger partial charge in [0.15, 0.2) is 0 Å². The van der Waals surface area contributed by atoms with Crippen LogP contribution in [0.2, 0.25) is 0 Å². The van der Waals surface area contributed by atoms with Crippen molar-refractivity contribution in [2.24, 2.45) is 5.92 Å². The highest BCUT2D eigenvalue weighted by molar-refractivity contribution is 5.12. The van der Waals surface area contributed by atoms with E-state index in [1.165, 1.54) is 6.20 Å². The predicted molar refractivity (Wildman–Crippen MR) is 59.3 cm³/mol. The van der Waals surface area contributed by atoms with Gasteiger partial charge in [0.25, 0.3) is 0 Å². The van der Waals surface area contributed by atoms with Crippen molar-refractivity contribution in [2.75, 3.05) is 13.2 Å². The van der Waals surface area contributed by atoms with Crippen molar-refractivity contribution in [3.05, 3.63) is 29.8 Å². The molecule has 88 valence electrons. The van der Waals surface area contributed by atoms with E-state index in [9.17, 15) is 9.50 Å². The number of aliphatic hydroxyl groups excluding tert-OH is 1. The molecule has 1 aromatic rings. The molecule has 0 aliphatic carbocycles. The van der Waals surface area contributed by atoms with Crippen LogP contribution in [-0.4, -0.2) is 34.2 Å². The Balaban J connectivity index is 2.08. The third-order valence-electron chi connectivity index (χ3n) is 3.41. The van der Waals surface area contributed by atoms with Gasteiger partial charge in [-0.3, -0.25) is 9.88 Å². The van der Waals surface area contributed by atoms with Crippen LogP contribution in [0.5, 0.6) is 0 Å². The zero-order valence-electron chi connectivity index (χ0n) is 9.43. The third-order valence-corrected chi connectivity index (χ3v) is 3.41. The molecule has 0 aromatic carbocycles. The normalized spacial score (nSPS) is 26.2. The number of aliphatic hydroxyl groups is 1. The summed E-state index contributed by atoms with van der Waals surface area (Å²) in [4.78, 5) is 5.87. The van der Waals surface area contributed by atoms with Crippen molar-refractivity contribution in [3.8, 4) is 0 Å². The highest BCUT2D eigenvalue weighted by atomic mass is 19.1. The molecule has 0 bridgehead atoms. The summed E-state index contributed by atoms with van der Waals surface area (Å²) in [6, 6.07) is 1.86. The second-order valence-electron chi connectivity index (χ2n) is 4.45. The Morgan fingerprint density at radius 3 is 3.12 bits per heavy atom. The van der Waals surface area contributed by atoms with Crippen LogP contribution in [0.15, 0.2) is 18.5 Å². The van der Waals surface area contributed by atoms with Crippen molar-refractivity contribution in [1.82, 2.24) is 9.88 Å². The highest BCUT2D eigenvalue weighted by Crippen LogP contribution is 2.25. The Bertz CT molecular complexity index is 359. The highest BCUT2D eigenvalue weighted by Gasteiger charge is 2.30. The van der Waals surface area contributed by atoms with Crippen LogP contribution in [0.1, 0.15) is 18.9 Å². The number of pyridine rings is 1. The molecule has 0 saturated carbocycles. The minimum atomic E-state index is -0.265. The SMILES string of the molecule is C[C@H]1CCN(Cc2ccncc2F)[C@@H]1CO. The maximum absolute atomic E-state index is 13.4. The average Bonchev–Trinajstić information content (AvgIpc) is 2.63. The van der Waals surface area contributed by atoms with E-state index in [2.05, 4.69) is 16.8 Å². The fraction of sp³-hybridized carbons (Fsp3) is 0.583. The maximum Gasteiger partial charge on any atom is 0.145 e. The fourth-order valence-electron chi connectivity index (χ4n) is 2.33. The second-order valence-corrected chi connectivity index (χ2v) is 4.45. The number of likely N-dealkylation sites (tertiary alicyclic amines) is 1. The molecule has 3 nitrogen and oxygen atoms in total. The smallest absolute Gasteiger partial charge is 0.145 e. The average molecular weight is 224 g/mol. The lowest BCUT2D eigenvalue weighted by Crippen LogP contribution is -2.34. The Kier molecular flexibility index (Phi) is 3.51. The Labute approximate surface area is 94.9 Å². The molecule has 2 heterocycles. The summed E-state index contributed by atoms with van der Waals surface area (Å²) in [5.41, 5.74) is 0.655. The molecule has 0 spiro atoms. The molecule has 1 aromatic heterocycles. The molecular weight excluding hydrogens is 207 g/mol. The molecule has 1 fully saturated rings. The van der Waals surface area contributed by atoms with Gasteiger partial charge < -0.3 is 5.11 Å². The molecule has 0 unspecified atom stereocenters. The summed E-state index contributed by atoms with van der Waals surface area (Å²) in [7, 11) is 0. The number of nitrogens with zero attached hydrogens (tertiary/aromatic N) is 2. The number of hydrogen-bond donors (Lipinski definition) is 1. The molecule has 1 aliphatic heterocycles. The van der Waals surface area contributed by atoms with Gasteiger partial charge in [-0.2, -0.15) is 0 Å². The second kappa shape index (κ2) is 4.89. The first-order chi connectivity index (χ1) is 7.72. The molecule has 2 rings (SSSR count). The molecule has 1 saturated heterocycles. The van der Waals surface area contributed by atoms with E-state index in [4.69, 9.17) is 0 Å². The minimum absolute atomic E-state index is 0.147. The fourth-order valence-corrected chi connectivity index (χ4v) is 2.33. The minimum Gasteiger partial charge on any atom is -0.395 e. The largest absolute Gasteiger partial charge is 0.395 e. The first-order valence-electron chi connectivity index (χ1n) is 5.65.